The fourth-order valence-corrected chi connectivity index (χ4v) is 1.89. The number of rotatable bonds is 5. The smallest absolute Gasteiger partial charge is 0.226 e. The number of anilines is 1. The van der Waals surface area contributed by atoms with Crippen LogP contribution in [0.1, 0.15) is 39.2 Å². The summed E-state index contributed by atoms with van der Waals surface area (Å²) < 4.78 is 0. The summed E-state index contributed by atoms with van der Waals surface area (Å²) in [5.74, 6) is 0.830. The summed E-state index contributed by atoms with van der Waals surface area (Å²) >= 11 is 0. The number of benzene rings is 1. The van der Waals surface area contributed by atoms with Gasteiger partial charge < -0.3 is 4.90 Å². The Labute approximate surface area is 105 Å². The maximum atomic E-state index is 11.8. The van der Waals surface area contributed by atoms with E-state index in [1.807, 2.05) is 26.1 Å². The molecular formula is C15H23NO. The third-order valence-electron chi connectivity index (χ3n) is 2.78. The molecule has 0 N–H and O–H groups in total. The van der Waals surface area contributed by atoms with Crippen LogP contribution in [0.3, 0.4) is 0 Å². The summed E-state index contributed by atoms with van der Waals surface area (Å²) in [7, 11) is 1.85. The first-order chi connectivity index (χ1) is 8.04. The van der Waals surface area contributed by atoms with Crippen LogP contribution in [0.4, 0.5) is 5.69 Å². The summed E-state index contributed by atoms with van der Waals surface area (Å²) in [5, 5.41) is 0. The van der Waals surface area contributed by atoms with Gasteiger partial charge in [0, 0.05) is 19.2 Å². The molecule has 1 rings (SSSR count). The van der Waals surface area contributed by atoms with E-state index in [-0.39, 0.29) is 5.91 Å². The van der Waals surface area contributed by atoms with Gasteiger partial charge in [-0.05, 0) is 36.5 Å². The molecule has 1 amide bonds. The Kier molecular flexibility index (Phi) is 5.20. The summed E-state index contributed by atoms with van der Waals surface area (Å²) in [6.07, 6.45) is 2.57. The highest BCUT2D eigenvalue weighted by molar-refractivity contribution is 5.92. The Morgan fingerprint density at radius 2 is 2.06 bits per heavy atom. The van der Waals surface area contributed by atoms with Crippen LogP contribution in [0.2, 0.25) is 0 Å². The SMILES string of the molecule is CCCC(=O)N(C)c1cccc(CC(C)C)c1. The zero-order valence-electron chi connectivity index (χ0n) is 11.4. The van der Waals surface area contributed by atoms with Gasteiger partial charge in [0.1, 0.15) is 0 Å². The van der Waals surface area contributed by atoms with Gasteiger partial charge in [-0.15, -0.1) is 0 Å². The van der Waals surface area contributed by atoms with Crippen molar-refractivity contribution in [1.82, 2.24) is 0 Å². The number of carbonyl (C=O) groups is 1. The zero-order valence-corrected chi connectivity index (χ0v) is 11.4. The summed E-state index contributed by atoms with van der Waals surface area (Å²) in [6.45, 7) is 6.44. The molecule has 0 unspecified atom stereocenters. The van der Waals surface area contributed by atoms with Gasteiger partial charge in [0.2, 0.25) is 5.91 Å². The molecule has 0 saturated heterocycles. The molecule has 17 heavy (non-hydrogen) atoms. The number of hydrogen-bond donors (Lipinski definition) is 0. The minimum Gasteiger partial charge on any atom is -0.315 e. The predicted molar refractivity (Wildman–Crippen MR) is 73.3 cm³/mol. The van der Waals surface area contributed by atoms with Crippen molar-refractivity contribution in [3.8, 4) is 0 Å². The van der Waals surface area contributed by atoms with E-state index in [4.69, 9.17) is 0 Å². The highest BCUT2D eigenvalue weighted by Gasteiger charge is 2.10. The second-order valence-corrected chi connectivity index (χ2v) is 4.97. The molecular weight excluding hydrogens is 210 g/mol. The second-order valence-electron chi connectivity index (χ2n) is 4.97. The van der Waals surface area contributed by atoms with Gasteiger partial charge in [0.05, 0.1) is 0 Å². The van der Waals surface area contributed by atoms with E-state index < -0.39 is 0 Å². The van der Waals surface area contributed by atoms with Gasteiger partial charge in [0.25, 0.3) is 0 Å². The normalized spacial score (nSPS) is 10.6. The van der Waals surface area contributed by atoms with E-state index in [0.29, 0.717) is 12.3 Å². The molecule has 0 heterocycles. The van der Waals surface area contributed by atoms with Crippen LogP contribution in [0.5, 0.6) is 0 Å². The first-order valence-electron chi connectivity index (χ1n) is 6.40. The molecule has 0 aromatic heterocycles. The zero-order chi connectivity index (χ0) is 12.8. The number of carbonyl (C=O) groups excluding carboxylic acids is 1. The van der Waals surface area contributed by atoms with Crippen LogP contribution < -0.4 is 4.90 Å². The maximum absolute atomic E-state index is 11.8. The topological polar surface area (TPSA) is 20.3 Å². The van der Waals surface area contributed by atoms with Crippen molar-refractivity contribution in [1.29, 1.82) is 0 Å². The summed E-state index contributed by atoms with van der Waals surface area (Å²) in [4.78, 5) is 13.6. The summed E-state index contributed by atoms with van der Waals surface area (Å²) in [5.41, 5.74) is 2.30. The molecule has 1 aromatic carbocycles. The van der Waals surface area contributed by atoms with Gasteiger partial charge >= 0.3 is 0 Å². The molecule has 0 bridgehead atoms. The van der Waals surface area contributed by atoms with Crippen molar-refractivity contribution < 1.29 is 4.79 Å². The lowest BCUT2D eigenvalue weighted by molar-refractivity contribution is -0.118. The van der Waals surface area contributed by atoms with Crippen molar-refractivity contribution in [2.24, 2.45) is 5.92 Å². The van der Waals surface area contributed by atoms with E-state index in [0.717, 1.165) is 18.5 Å². The molecule has 0 aliphatic rings. The highest BCUT2D eigenvalue weighted by Crippen LogP contribution is 2.18. The highest BCUT2D eigenvalue weighted by atomic mass is 16.2. The minimum atomic E-state index is 0.189. The van der Waals surface area contributed by atoms with Crippen LogP contribution in [0.15, 0.2) is 24.3 Å². The van der Waals surface area contributed by atoms with Crippen molar-refractivity contribution in [2.45, 2.75) is 40.0 Å². The molecule has 0 spiro atoms. The molecule has 0 aliphatic heterocycles. The molecule has 2 heteroatoms. The molecule has 0 saturated carbocycles. The number of amides is 1. The monoisotopic (exact) mass is 233 g/mol. The predicted octanol–water partition coefficient (Wildman–Crippen LogP) is 3.65. The quantitative estimate of drug-likeness (QED) is 0.760. The Morgan fingerprint density at radius 1 is 1.35 bits per heavy atom. The second kappa shape index (κ2) is 6.43. The Balaban J connectivity index is 2.80. The van der Waals surface area contributed by atoms with Crippen LogP contribution >= 0.6 is 0 Å². The first kappa shape index (κ1) is 13.8. The fourth-order valence-electron chi connectivity index (χ4n) is 1.89. The average molecular weight is 233 g/mol. The van der Waals surface area contributed by atoms with Gasteiger partial charge in [-0.1, -0.05) is 32.9 Å². The van der Waals surface area contributed by atoms with Crippen molar-refractivity contribution in [2.75, 3.05) is 11.9 Å². The van der Waals surface area contributed by atoms with Crippen LogP contribution in [-0.2, 0) is 11.2 Å². The maximum Gasteiger partial charge on any atom is 0.226 e. The lowest BCUT2D eigenvalue weighted by Gasteiger charge is -2.18. The van der Waals surface area contributed by atoms with E-state index in [1.54, 1.807) is 4.90 Å². The van der Waals surface area contributed by atoms with E-state index in [2.05, 4.69) is 26.0 Å². The van der Waals surface area contributed by atoms with E-state index in [9.17, 15) is 4.79 Å². The first-order valence-corrected chi connectivity index (χ1v) is 6.40. The van der Waals surface area contributed by atoms with Gasteiger partial charge in [-0.2, -0.15) is 0 Å². The van der Waals surface area contributed by atoms with Crippen molar-refractivity contribution in [3.63, 3.8) is 0 Å². The number of nitrogens with zero attached hydrogens (tertiary/aromatic N) is 1. The largest absolute Gasteiger partial charge is 0.315 e. The molecule has 0 radical (unpaired) electrons. The average Bonchev–Trinajstić information content (AvgIpc) is 2.28. The van der Waals surface area contributed by atoms with Crippen LogP contribution in [-0.4, -0.2) is 13.0 Å². The van der Waals surface area contributed by atoms with E-state index >= 15 is 0 Å². The van der Waals surface area contributed by atoms with Crippen molar-refractivity contribution >= 4 is 11.6 Å². The number of hydrogen-bond acceptors (Lipinski definition) is 1. The third kappa shape index (κ3) is 4.22. The van der Waals surface area contributed by atoms with Gasteiger partial charge in [-0.3, -0.25) is 4.79 Å². The Bertz CT molecular complexity index is 371. The minimum absolute atomic E-state index is 0.189. The fraction of sp³-hybridized carbons (Fsp3) is 0.533. The van der Waals surface area contributed by atoms with Crippen LogP contribution in [0, 0.1) is 5.92 Å². The van der Waals surface area contributed by atoms with E-state index in [1.165, 1.54) is 5.56 Å². The molecule has 0 atom stereocenters. The standard InChI is InChI=1S/C15H23NO/c1-5-7-15(17)16(4)14-9-6-8-13(11-14)10-12(2)3/h6,8-9,11-12H,5,7,10H2,1-4H3. The molecule has 1 aromatic rings. The lowest BCUT2D eigenvalue weighted by Crippen LogP contribution is -2.25. The molecule has 0 aliphatic carbocycles. The molecule has 0 fully saturated rings. The Hall–Kier alpha value is -1.31. The van der Waals surface area contributed by atoms with Gasteiger partial charge in [0.15, 0.2) is 0 Å². The summed E-state index contributed by atoms with van der Waals surface area (Å²) in [6, 6.07) is 8.27. The lowest BCUT2D eigenvalue weighted by atomic mass is 10.0. The Morgan fingerprint density at radius 3 is 2.65 bits per heavy atom. The van der Waals surface area contributed by atoms with Crippen molar-refractivity contribution in [3.05, 3.63) is 29.8 Å². The van der Waals surface area contributed by atoms with Crippen LogP contribution in [0.25, 0.3) is 0 Å². The van der Waals surface area contributed by atoms with Gasteiger partial charge in [-0.25, -0.2) is 0 Å². The molecule has 2 nitrogen and oxygen atoms in total. The molecule has 94 valence electrons. The third-order valence-corrected chi connectivity index (χ3v) is 2.78.